The number of hydrogen-bond acceptors (Lipinski definition) is 3. The minimum Gasteiger partial charge on any atom is -0.352 e. The van der Waals surface area contributed by atoms with Gasteiger partial charge in [0.1, 0.15) is 18.9 Å². The molecule has 5 amide bonds. The predicted molar refractivity (Wildman–Crippen MR) is 69.5 cm³/mol. The van der Waals surface area contributed by atoms with Crippen LogP contribution in [0.3, 0.4) is 0 Å². The molecule has 1 saturated carbocycles. The summed E-state index contributed by atoms with van der Waals surface area (Å²) in [5.74, 6) is -0.172. The number of nitrogens with zero attached hydrogens (tertiary/aromatic N) is 1. The Kier molecular flexibility index (Phi) is 3.37. The van der Waals surface area contributed by atoms with E-state index >= 15 is 0 Å². The number of carbonyl (C=O) groups excluding carboxylic acids is 3. The SMILES string of the molecule is O=C(CN1C(=O)N[C@@H]2NC(=O)N[C@H]21)NC1CCCCC1. The molecule has 3 aliphatic rings. The van der Waals surface area contributed by atoms with Gasteiger partial charge in [0, 0.05) is 6.04 Å². The van der Waals surface area contributed by atoms with Crippen LogP contribution in [0.4, 0.5) is 9.59 Å². The molecule has 2 saturated heterocycles. The lowest BCUT2D eigenvalue weighted by molar-refractivity contribution is -0.122. The first-order valence-electron chi connectivity index (χ1n) is 7.07. The van der Waals surface area contributed by atoms with Crippen LogP contribution in [0.2, 0.25) is 0 Å². The van der Waals surface area contributed by atoms with Gasteiger partial charge in [0.25, 0.3) is 0 Å². The highest BCUT2D eigenvalue weighted by Gasteiger charge is 2.46. The van der Waals surface area contributed by atoms with Gasteiger partial charge in [-0.2, -0.15) is 0 Å². The van der Waals surface area contributed by atoms with Gasteiger partial charge in [-0.15, -0.1) is 0 Å². The highest BCUT2D eigenvalue weighted by Crippen LogP contribution is 2.18. The summed E-state index contributed by atoms with van der Waals surface area (Å²) in [6.07, 6.45) is 4.55. The van der Waals surface area contributed by atoms with Gasteiger partial charge in [0.2, 0.25) is 5.91 Å². The quantitative estimate of drug-likeness (QED) is 0.557. The maximum absolute atomic E-state index is 12.0. The molecule has 2 aliphatic heterocycles. The molecule has 0 aromatic heterocycles. The molecule has 0 bridgehead atoms. The Hall–Kier alpha value is -1.99. The van der Waals surface area contributed by atoms with Gasteiger partial charge in [-0.3, -0.25) is 9.69 Å². The minimum absolute atomic E-state index is 0.0362. The molecule has 0 radical (unpaired) electrons. The van der Waals surface area contributed by atoms with E-state index in [1.165, 1.54) is 11.3 Å². The van der Waals surface area contributed by atoms with Crippen molar-refractivity contribution >= 4 is 18.0 Å². The third kappa shape index (κ3) is 2.50. The molecular weight excluding hydrogens is 262 g/mol. The lowest BCUT2D eigenvalue weighted by Crippen LogP contribution is -2.49. The van der Waals surface area contributed by atoms with Crippen LogP contribution in [0.15, 0.2) is 0 Å². The second-order valence-electron chi connectivity index (χ2n) is 5.52. The van der Waals surface area contributed by atoms with E-state index < -0.39 is 12.3 Å². The zero-order valence-corrected chi connectivity index (χ0v) is 11.1. The van der Waals surface area contributed by atoms with Crippen molar-refractivity contribution in [1.82, 2.24) is 26.2 Å². The molecule has 0 aromatic rings. The van der Waals surface area contributed by atoms with Crippen LogP contribution < -0.4 is 21.3 Å². The number of amides is 5. The molecule has 0 spiro atoms. The van der Waals surface area contributed by atoms with Crippen molar-refractivity contribution in [2.45, 2.75) is 50.5 Å². The van der Waals surface area contributed by atoms with E-state index in [4.69, 9.17) is 0 Å². The fraction of sp³-hybridized carbons (Fsp3) is 0.750. The normalized spacial score (nSPS) is 29.5. The molecule has 8 heteroatoms. The average molecular weight is 281 g/mol. The van der Waals surface area contributed by atoms with Gasteiger partial charge in [0.15, 0.2) is 0 Å². The second kappa shape index (κ2) is 5.18. The Bertz CT molecular complexity index is 435. The van der Waals surface area contributed by atoms with Crippen molar-refractivity contribution in [2.24, 2.45) is 0 Å². The highest BCUT2D eigenvalue weighted by molar-refractivity contribution is 5.88. The van der Waals surface area contributed by atoms with Crippen molar-refractivity contribution in [3.63, 3.8) is 0 Å². The van der Waals surface area contributed by atoms with Crippen molar-refractivity contribution in [3.8, 4) is 0 Å². The van der Waals surface area contributed by atoms with Crippen LogP contribution >= 0.6 is 0 Å². The Balaban J connectivity index is 1.55. The van der Waals surface area contributed by atoms with Gasteiger partial charge in [-0.25, -0.2) is 9.59 Å². The zero-order valence-electron chi connectivity index (χ0n) is 11.1. The third-order valence-corrected chi connectivity index (χ3v) is 4.04. The number of hydrogen-bond donors (Lipinski definition) is 4. The number of carbonyl (C=O) groups is 3. The monoisotopic (exact) mass is 281 g/mol. The summed E-state index contributed by atoms with van der Waals surface area (Å²) in [6.45, 7) is -0.0362. The van der Waals surface area contributed by atoms with E-state index in [0.717, 1.165) is 25.7 Å². The molecule has 3 rings (SSSR count). The van der Waals surface area contributed by atoms with Crippen LogP contribution in [0, 0.1) is 0 Å². The fourth-order valence-corrected chi connectivity index (χ4v) is 3.04. The van der Waals surface area contributed by atoms with Gasteiger partial charge in [-0.1, -0.05) is 19.3 Å². The molecular formula is C12H19N5O3. The molecule has 8 nitrogen and oxygen atoms in total. The number of nitrogens with one attached hydrogen (secondary N) is 4. The lowest BCUT2D eigenvalue weighted by Gasteiger charge is -2.25. The smallest absolute Gasteiger partial charge is 0.321 e. The molecule has 4 N–H and O–H groups in total. The van der Waals surface area contributed by atoms with Gasteiger partial charge >= 0.3 is 12.1 Å². The molecule has 0 unspecified atom stereocenters. The fourth-order valence-electron chi connectivity index (χ4n) is 3.04. The van der Waals surface area contributed by atoms with E-state index in [1.54, 1.807) is 0 Å². The first kappa shape index (κ1) is 13.0. The zero-order chi connectivity index (χ0) is 14.1. The Labute approximate surface area is 116 Å². The van der Waals surface area contributed by atoms with E-state index in [2.05, 4.69) is 21.3 Å². The third-order valence-electron chi connectivity index (χ3n) is 4.04. The molecule has 0 aromatic carbocycles. The largest absolute Gasteiger partial charge is 0.352 e. The molecule has 110 valence electrons. The first-order valence-corrected chi connectivity index (χ1v) is 7.07. The van der Waals surface area contributed by atoms with E-state index in [1.807, 2.05) is 0 Å². The summed E-state index contributed by atoms with van der Waals surface area (Å²) in [7, 11) is 0. The Morgan fingerprint density at radius 1 is 1.15 bits per heavy atom. The summed E-state index contributed by atoms with van der Waals surface area (Å²) in [5.41, 5.74) is 0. The minimum atomic E-state index is -0.493. The summed E-state index contributed by atoms with van der Waals surface area (Å²) < 4.78 is 0. The molecule has 2 heterocycles. The highest BCUT2D eigenvalue weighted by atomic mass is 16.2. The van der Waals surface area contributed by atoms with Crippen molar-refractivity contribution < 1.29 is 14.4 Å². The Morgan fingerprint density at radius 2 is 1.90 bits per heavy atom. The Morgan fingerprint density at radius 3 is 2.65 bits per heavy atom. The molecule has 1 aliphatic carbocycles. The lowest BCUT2D eigenvalue weighted by atomic mass is 9.95. The predicted octanol–water partition coefficient (Wildman–Crippen LogP) is -0.574. The maximum atomic E-state index is 12.0. The van der Waals surface area contributed by atoms with Crippen LogP contribution in [0.5, 0.6) is 0 Å². The average Bonchev–Trinajstić information content (AvgIpc) is 2.89. The van der Waals surface area contributed by atoms with Crippen LogP contribution in [-0.2, 0) is 4.79 Å². The topological polar surface area (TPSA) is 103 Å². The first-order chi connectivity index (χ1) is 9.63. The number of fused-ring (bicyclic) bond motifs is 1. The van der Waals surface area contributed by atoms with Gasteiger partial charge in [0.05, 0.1) is 0 Å². The molecule has 20 heavy (non-hydrogen) atoms. The van der Waals surface area contributed by atoms with Gasteiger partial charge in [-0.05, 0) is 12.8 Å². The van der Waals surface area contributed by atoms with E-state index in [9.17, 15) is 14.4 Å². The summed E-state index contributed by atoms with van der Waals surface area (Å²) in [5, 5.41) is 10.8. The van der Waals surface area contributed by atoms with E-state index in [-0.39, 0.29) is 30.6 Å². The molecule has 3 fully saturated rings. The summed E-state index contributed by atoms with van der Waals surface area (Å²) in [6, 6.07) is -0.460. The number of rotatable bonds is 3. The summed E-state index contributed by atoms with van der Waals surface area (Å²) in [4.78, 5) is 36.3. The standard InChI is InChI=1S/C12H19N5O3/c18-8(13-7-4-2-1-3-5-7)6-17-10-9(15-12(17)20)14-11(19)16-10/h7,9-10H,1-6H2,(H,13,18)(H,15,20)(H2,14,16,19)/t9-,10-/m0/s1. The van der Waals surface area contributed by atoms with Crippen molar-refractivity contribution in [1.29, 1.82) is 0 Å². The maximum Gasteiger partial charge on any atom is 0.321 e. The van der Waals surface area contributed by atoms with Crippen LogP contribution in [0.1, 0.15) is 32.1 Å². The van der Waals surface area contributed by atoms with Crippen molar-refractivity contribution in [2.75, 3.05) is 6.54 Å². The van der Waals surface area contributed by atoms with Crippen molar-refractivity contribution in [3.05, 3.63) is 0 Å². The van der Waals surface area contributed by atoms with Crippen LogP contribution in [0.25, 0.3) is 0 Å². The van der Waals surface area contributed by atoms with Crippen LogP contribution in [-0.4, -0.2) is 47.8 Å². The second-order valence-corrected chi connectivity index (χ2v) is 5.52. The molecule has 2 atom stereocenters. The van der Waals surface area contributed by atoms with E-state index in [0.29, 0.717) is 0 Å². The van der Waals surface area contributed by atoms with Gasteiger partial charge < -0.3 is 21.3 Å². The number of urea groups is 2. The summed E-state index contributed by atoms with van der Waals surface area (Å²) >= 11 is 0.